The molecule has 0 bridgehead atoms. The molecule has 25 heavy (non-hydrogen) atoms. The number of likely N-dealkylation sites (tertiary alicyclic amines) is 1. The first-order valence-electron chi connectivity index (χ1n) is 8.94. The number of benzene rings is 1. The van der Waals surface area contributed by atoms with Gasteiger partial charge in [-0.1, -0.05) is 37.3 Å². The highest BCUT2D eigenvalue weighted by atomic mass is 127. The molecule has 0 aromatic heterocycles. The summed E-state index contributed by atoms with van der Waals surface area (Å²) in [7, 11) is 1.80. The summed E-state index contributed by atoms with van der Waals surface area (Å²) < 4.78 is 0. The van der Waals surface area contributed by atoms with Crippen molar-refractivity contribution in [1.82, 2.24) is 15.5 Å². The van der Waals surface area contributed by atoms with Gasteiger partial charge in [-0.2, -0.15) is 0 Å². The van der Waals surface area contributed by atoms with Crippen molar-refractivity contribution >= 4 is 35.8 Å². The van der Waals surface area contributed by atoms with Crippen LogP contribution >= 0.6 is 24.0 Å². The van der Waals surface area contributed by atoms with Crippen LogP contribution in [0.2, 0.25) is 0 Å². The molecule has 1 fully saturated rings. The lowest BCUT2D eigenvalue weighted by atomic mass is 9.99. The van der Waals surface area contributed by atoms with E-state index in [9.17, 15) is 4.79 Å². The third kappa shape index (κ3) is 6.84. The average molecular weight is 458 g/mol. The van der Waals surface area contributed by atoms with Gasteiger partial charge in [-0.15, -0.1) is 24.0 Å². The second kappa shape index (κ2) is 11.3. The minimum Gasteiger partial charge on any atom is -0.356 e. The van der Waals surface area contributed by atoms with E-state index in [1.807, 2.05) is 6.92 Å². The summed E-state index contributed by atoms with van der Waals surface area (Å²) >= 11 is 0. The summed E-state index contributed by atoms with van der Waals surface area (Å²) in [5.41, 5.74) is 1.39. The van der Waals surface area contributed by atoms with Crippen LogP contribution in [-0.4, -0.2) is 49.5 Å². The molecule has 1 saturated heterocycles. The number of hydrogen-bond donors (Lipinski definition) is 2. The number of guanidine groups is 1. The molecule has 2 N–H and O–H groups in total. The first-order chi connectivity index (χ1) is 11.6. The molecular formula is C19H31IN4O. The molecule has 1 aromatic carbocycles. The van der Waals surface area contributed by atoms with Crippen molar-refractivity contribution in [3.63, 3.8) is 0 Å². The van der Waals surface area contributed by atoms with E-state index in [0.717, 1.165) is 31.9 Å². The van der Waals surface area contributed by atoms with Gasteiger partial charge in [-0.25, -0.2) is 0 Å². The second-order valence-electron chi connectivity index (χ2n) is 6.44. The zero-order chi connectivity index (χ0) is 17.4. The fourth-order valence-electron chi connectivity index (χ4n) is 3.02. The van der Waals surface area contributed by atoms with Crippen molar-refractivity contribution < 1.29 is 4.79 Å². The van der Waals surface area contributed by atoms with Gasteiger partial charge >= 0.3 is 0 Å². The fraction of sp³-hybridized carbons (Fsp3) is 0.579. The van der Waals surface area contributed by atoms with Gasteiger partial charge in [0.25, 0.3) is 0 Å². The molecule has 2 rings (SSSR count). The predicted octanol–water partition coefficient (Wildman–Crippen LogP) is 2.97. The lowest BCUT2D eigenvalue weighted by Crippen LogP contribution is -2.42. The Morgan fingerprint density at radius 3 is 2.72 bits per heavy atom. The minimum absolute atomic E-state index is 0. The number of halogens is 1. The number of aliphatic imine (C=N–C) groups is 1. The van der Waals surface area contributed by atoms with E-state index in [1.54, 1.807) is 7.05 Å². The number of nitrogens with one attached hydrogen (secondary N) is 2. The molecule has 1 aliphatic heterocycles. The molecule has 0 radical (unpaired) electrons. The predicted molar refractivity (Wildman–Crippen MR) is 115 cm³/mol. The molecule has 5 nitrogen and oxygen atoms in total. The molecule has 6 heteroatoms. The van der Waals surface area contributed by atoms with Gasteiger partial charge in [0.1, 0.15) is 0 Å². The van der Waals surface area contributed by atoms with Crippen LogP contribution in [0.3, 0.4) is 0 Å². The quantitative estimate of drug-likeness (QED) is 0.392. The summed E-state index contributed by atoms with van der Waals surface area (Å²) in [6.45, 7) is 6.68. The molecule has 1 aromatic rings. The Balaban J connectivity index is 0.00000312. The third-order valence-electron chi connectivity index (χ3n) is 4.63. The summed E-state index contributed by atoms with van der Waals surface area (Å²) in [5.74, 6) is 1.54. The molecule has 0 spiro atoms. The van der Waals surface area contributed by atoms with Crippen LogP contribution in [0.15, 0.2) is 35.3 Å². The lowest BCUT2D eigenvalue weighted by molar-refractivity contribution is -0.121. The van der Waals surface area contributed by atoms with Crippen LogP contribution in [0.4, 0.5) is 0 Å². The second-order valence-corrected chi connectivity index (χ2v) is 6.44. The van der Waals surface area contributed by atoms with Crippen LogP contribution < -0.4 is 10.6 Å². The third-order valence-corrected chi connectivity index (χ3v) is 4.63. The molecule has 140 valence electrons. The monoisotopic (exact) mass is 458 g/mol. The summed E-state index contributed by atoms with van der Waals surface area (Å²) in [5, 5.41) is 6.31. The maximum absolute atomic E-state index is 11.8. The highest BCUT2D eigenvalue weighted by Crippen LogP contribution is 2.26. The first kappa shape index (κ1) is 21.7. The van der Waals surface area contributed by atoms with Gasteiger partial charge in [0, 0.05) is 45.1 Å². The highest BCUT2D eigenvalue weighted by molar-refractivity contribution is 14.0. The Labute approximate surface area is 168 Å². The van der Waals surface area contributed by atoms with E-state index in [1.165, 1.54) is 5.56 Å². The number of hydrogen-bond acceptors (Lipinski definition) is 2. The Bertz CT molecular complexity index is 550. The zero-order valence-corrected chi connectivity index (χ0v) is 17.8. The molecule has 2 atom stereocenters. The van der Waals surface area contributed by atoms with Crippen LogP contribution in [0.25, 0.3) is 0 Å². The standard InChI is InChI=1S/C19H30N4O.HI/c1-4-15(2)22-18(24)10-12-21-19(20-3)23-13-11-17(14-23)16-8-6-5-7-9-16;/h5-9,15,17H,4,10-14H2,1-3H3,(H,20,21)(H,22,24);1H. The summed E-state index contributed by atoms with van der Waals surface area (Å²) in [6.07, 6.45) is 2.56. The van der Waals surface area contributed by atoms with Crippen molar-refractivity contribution in [2.24, 2.45) is 4.99 Å². The first-order valence-corrected chi connectivity index (χ1v) is 8.94. The van der Waals surface area contributed by atoms with Crippen LogP contribution in [0.1, 0.15) is 44.6 Å². The van der Waals surface area contributed by atoms with Crippen LogP contribution in [0, 0.1) is 0 Å². The number of carbonyl (C=O) groups is 1. The lowest BCUT2D eigenvalue weighted by Gasteiger charge is -2.22. The molecule has 1 aliphatic rings. The van der Waals surface area contributed by atoms with E-state index in [2.05, 4.69) is 57.8 Å². The molecule has 0 saturated carbocycles. The van der Waals surface area contributed by atoms with E-state index < -0.39 is 0 Å². The Hall–Kier alpha value is -1.31. The minimum atomic E-state index is 0. The van der Waals surface area contributed by atoms with E-state index in [0.29, 0.717) is 18.9 Å². The van der Waals surface area contributed by atoms with Crippen LogP contribution in [-0.2, 0) is 4.79 Å². The normalized spacial score (nSPS) is 18.4. The van der Waals surface area contributed by atoms with Crippen molar-refractivity contribution in [1.29, 1.82) is 0 Å². The SMILES string of the molecule is CCC(C)NC(=O)CCNC(=NC)N1CCC(c2ccccc2)C1.I. The molecular weight excluding hydrogens is 427 g/mol. The molecule has 1 amide bonds. The van der Waals surface area contributed by atoms with E-state index in [4.69, 9.17) is 0 Å². The number of rotatable bonds is 6. The van der Waals surface area contributed by atoms with Crippen molar-refractivity contribution in [3.05, 3.63) is 35.9 Å². The van der Waals surface area contributed by atoms with Gasteiger partial charge in [0.2, 0.25) is 5.91 Å². The van der Waals surface area contributed by atoms with E-state index in [-0.39, 0.29) is 35.9 Å². The highest BCUT2D eigenvalue weighted by Gasteiger charge is 2.25. The van der Waals surface area contributed by atoms with Gasteiger partial charge in [0.05, 0.1) is 0 Å². The Kier molecular flexibility index (Phi) is 9.85. The van der Waals surface area contributed by atoms with Crippen molar-refractivity contribution in [2.45, 2.75) is 45.1 Å². The van der Waals surface area contributed by atoms with Crippen molar-refractivity contribution in [3.8, 4) is 0 Å². The number of amides is 1. The van der Waals surface area contributed by atoms with Gasteiger partial charge in [0.15, 0.2) is 5.96 Å². The van der Waals surface area contributed by atoms with Crippen LogP contribution in [0.5, 0.6) is 0 Å². The maximum atomic E-state index is 11.8. The zero-order valence-electron chi connectivity index (χ0n) is 15.5. The number of carbonyl (C=O) groups excluding carboxylic acids is 1. The largest absolute Gasteiger partial charge is 0.356 e. The summed E-state index contributed by atoms with van der Waals surface area (Å²) in [4.78, 5) is 18.5. The average Bonchev–Trinajstić information content (AvgIpc) is 3.09. The topological polar surface area (TPSA) is 56.7 Å². The molecule has 1 heterocycles. The van der Waals surface area contributed by atoms with E-state index >= 15 is 0 Å². The Morgan fingerprint density at radius 2 is 2.08 bits per heavy atom. The van der Waals surface area contributed by atoms with Gasteiger partial charge in [-0.05, 0) is 25.3 Å². The summed E-state index contributed by atoms with van der Waals surface area (Å²) in [6, 6.07) is 10.9. The fourth-order valence-corrected chi connectivity index (χ4v) is 3.02. The smallest absolute Gasteiger partial charge is 0.221 e. The molecule has 0 aliphatic carbocycles. The van der Waals surface area contributed by atoms with Gasteiger partial charge in [-0.3, -0.25) is 9.79 Å². The molecule has 2 unspecified atom stereocenters. The van der Waals surface area contributed by atoms with Gasteiger partial charge < -0.3 is 15.5 Å². The Morgan fingerprint density at radius 1 is 1.36 bits per heavy atom. The maximum Gasteiger partial charge on any atom is 0.221 e. The number of nitrogens with zero attached hydrogens (tertiary/aromatic N) is 2. The van der Waals surface area contributed by atoms with Crippen molar-refractivity contribution in [2.75, 3.05) is 26.7 Å².